The molecule has 14 heavy (non-hydrogen) atoms. The fourth-order valence-electron chi connectivity index (χ4n) is 1.38. The molecule has 0 radical (unpaired) electrons. The molecule has 0 unspecified atom stereocenters. The number of nitrogens with zero attached hydrogens (tertiary/aromatic N) is 1. The Morgan fingerprint density at radius 1 is 1.57 bits per heavy atom. The molecule has 1 N–H and O–H groups in total. The summed E-state index contributed by atoms with van der Waals surface area (Å²) in [6.07, 6.45) is 0. The Hall–Kier alpha value is -0.870. The van der Waals surface area contributed by atoms with Gasteiger partial charge in [0.05, 0.1) is 10.7 Å². The van der Waals surface area contributed by atoms with Crippen LogP contribution in [-0.4, -0.2) is 10.2 Å². The summed E-state index contributed by atoms with van der Waals surface area (Å²) in [5.41, 5.74) is 0.687. The molecule has 74 valence electrons. The monoisotopic (exact) mass is 228 g/mol. The van der Waals surface area contributed by atoms with E-state index in [9.17, 15) is 4.79 Å². The lowest BCUT2D eigenvalue weighted by Crippen LogP contribution is -2.10. The SMILES string of the molecule is CC(C)c1n[nH]c(=O)c2scc(Cl)c12. The van der Waals surface area contributed by atoms with E-state index in [1.165, 1.54) is 11.3 Å². The number of fused-ring (bicyclic) bond motifs is 1. The zero-order valence-electron chi connectivity index (χ0n) is 7.80. The van der Waals surface area contributed by atoms with E-state index in [1.807, 2.05) is 13.8 Å². The molecule has 0 spiro atoms. The average Bonchev–Trinajstić information content (AvgIpc) is 2.50. The molecule has 2 aromatic rings. The molecule has 5 heteroatoms. The number of aromatic nitrogens is 2. The number of rotatable bonds is 1. The van der Waals surface area contributed by atoms with Crippen molar-refractivity contribution in [1.82, 2.24) is 10.2 Å². The number of hydrogen-bond acceptors (Lipinski definition) is 3. The van der Waals surface area contributed by atoms with Crippen LogP contribution in [0.25, 0.3) is 10.1 Å². The van der Waals surface area contributed by atoms with E-state index in [2.05, 4.69) is 10.2 Å². The summed E-state index contributed by atoms with van der Waals surface area (Å²) in [7, 11) is 0. The van der Waals surface area contributed by atoms with Gasteiger partial charge in [-0.3, -0.25) is 4.79 Å². The van der Waals surface area contributed by atoms with Gasteiger partial charge in [-0.2, -0.15) is 5.10 Å². The predicted molar refractivity (Wildman–Crippen MR) is 59.3 cm³/mol. The van der Waals surface area contributed by atoms with E-state index >= 15 is 0 Å². The molecule has 2 heterocycles. The van der Waals surface area contributed by atoms with Gasteiger partial charge in [0, 0.05) is 10.8 Å². The van der Waals surface area contributed by atoms with Crippen molar-refractivity contribution in [2.24, 2.45) is 0 Å². The molecule has 0 bridgehead atoms. The third-order valence-corrected chi connectivity index (χ3v) is 3.44. The number of halogens is 1. The Morgan fingerprint density at radius 3 is 2.93 bits per heavy atom. The van der Waals surface area contributed by atoms with E-state index < -0.39 is 0 Å². The maximum atomic E-state index is 11.4. The summed E-state index contributed by atoms with van der Waals surface area (Å²) < 4.78 is 0.661. The zero-order chi connectivity index (χ0) is 10.3. The Bertz CT molecular complexity index is 529. The van der Waals surface area contributed by atoms with Crippen molar-refractivity contribution in [2.75, 3.05) is 0 Å². The number of aromatic amines is 1. The fraction of sp³-hybridized carbons (Fsp3) is 0.333. The molecular weight excluding hydrogens is 220 g/mol. The lowest BCUT2D eigenvalue weighted by atomic mass is 10.1. The smallest absolute Gasteiger partial charge is 0.266 e. The maximum Gasteiger partial charge on any atom is 0.282 e. The van der Waals surface area contributed by atoms with Gasteiger partial charge in [-0.15, -0.1) is 11.3 Å². The van der Waals surface area contributed by atoms with Gasteiger partial charge in [0.1, 0.15) is 4.70 Å². The van der Waals surface area contributed by atoms with Crippen LogP contribution in [0.15, 0.2) is 10.2 Å². The number of H-pyrrole nitrogens is 1. The Labute approximate surface area is 89.7 Å². The largest absolute Gasteiger partial charge is 0.282 e. The molecule has 0 aliphatic carbocycles. The summed E-state index contributed by atoms with van der Waals surface area (Å²) in [6, 6.07) is 0. The minimum Gasteiger partial charge on any atom is -0.266 e. The van der Waals surface area contributed by atoms with Crippen molar-refractivity contribution in [1.29, 1.82) is 0 Å². The maximum absolute atomic E-state index is 11.4. The molecule has 0 atom stereocenters. The Kier molecular flexibility index (Phi) is 2.33. The van der Waals surface area contributed by atoms with Crippen LogP contribution in [0.3, 0.4) is 0 Å². The summed E-state index contributed by atoms with van der Waals surface area (Å²) in [5, 5.41) is 9.70. The zero-order valence-corrected chi connectivity index (χ0v) is 9.37. The van der Waals surface area contributed by atoms with Gasteiger partial charge in [-0.25, -0.2) is 5.10 Å². The highest BCUT2D eigenvalue weighted by Crippen LogP contribution is 2.31. The molecule has 3 nitrogen and oxygen atoms in total. The van der Waals surface area contributed by atoms with Crippen LogP contribution in [0.4, 0.5) is 0 Å². The number of hydrogen-bond donors (Lipinski definition) is 1. The first-order chi connectivity index (χ1) is 6.61. The summed E-state index contributed by atoms with van der Waals surface area (Å²) >= 11 is 7.37. The van der Waals surface area contributed by atoms with Gasteiger partial charge < -0.3 is 0 Å². The van der Waals surface area contributed by atoms with E-state index in [-0.39, 0.29) is 11.5 Å². The second-order valence-corrected chi connectivity index (χ2v) is 4.67. The standard InChI is InChI=1S/C9H9ClN2OS/c1-4(2)7-6-5(10)3-14-8(6)9(13)12-11-7/h3-4H,1-2H3,(H,12,13). The first-order valence-corrected chi connectivity index (χ1v) is 5.52. The van der Waals surface area contributed by atoms with Crippen LogP contribution in [0.1, 0.15) is 25.5 Å². The third kappa shape index (κ3) is 1.35. The van der Waals surface area contributed by atoms with Crippen LogP contribution in [-0.2, 0) is 0 Å². The normalized spacial score (nSPS) is 11.4. The van der Waals surface area contributed by atoms with Crippen molar-refractivity contribution in [3.8, 4) is 0 Å². The minimum absolute atomic E-state index is 0.165. The van der Waals surface area contributed by atoms with E-state index in [1.54, 1.807) is 5.38 Å². The highest BCUT2D eigenvalue weighted by molar-refractivity contribution is 7.17. The lowest BCUT2D eigenvalue weighted by Gasteiger charge is -2.04. The molecular formula is C9H9ClN2OS. The number of nitrogens with one attached hydrogen (secondary N) is 1. The Morgan fingerprint density at radius 2 is 2.29 bits per heavy atom. The number of thiophene rings is 1. The molecule has 0 saturated heterocycles. The topological polar surface area (TPSA) is 45.8 Å². The predicted octanol–water partition coefficient (Wildman–Crippen LogP) is 2.76. The summed E-state index contributed by atoms with van der Waals surface area (Å²) in [4.78, 5) is 11.4. The van der Waals surface area contributed by atoms with Gasteiger partial charge in [0.25, 0.3) is 5.56 Å². The highest BCUT2D eigenvalue weighted by atomic mass is 35.5. The minimum atomic E-state index is -0.165. The van der Waals surface area contributed by atoms with E-state index in [0.29, 0.717) is 9.72 Å². The summed E-state index contributed by atoms with van der Waals surface area (Å²) in [6.45, 7) is 4.04. The fourth-order valence-corrected chi connectivity index (χ4v) is 2.58. The first-order valence-electron chi connectivity index (χ1n) is 4.26. The van der Waals surface area contributed by atoms with Crippen LogP contribution in [0.5, 0.6) is 0 Å². The highest BCUT2D eigenvalue weighted by Gasteiger charge is 2.14. The molecule has 0 fully saturated rings. The molecule has 0 aliphatic heterocycles. The van der Waals surface area contributed by atoms with Crippen molar-refractivity contribution in [2.45, 2.75) is 19.8 Å². The molecule has 2 rings (SSSR count). The lowest BCUT2D eigenvalue weighted by molar-refractivity contribution is 0.793. The van der Waals surface area contributed by atoms with Crippen molar-refractivity contribution < 1.29 is 0 Å². The molecule has 0 amide bonds. The van der Waals surface area contributed by atoms with Crippen LogP contribution >= 0.6 is 22.9 Å². The van der Waals surface area contributed by atoms with Gasteiger partial charge in [0.2, 0.25) is 0 Å². The van der Waals surface area contributed by atoms with Crippen LogP contribution < -0.4 is 5.56 Å². The van der Waals surface area contributed by atoms with Crippen molar-refractivity contribution in [3.05, 3.63) is 26.5 Å². The molecule has 2 aromatic heterocycles. The Balaban J connectivity index is 2.92. The van der Waals surface area contributed by atoms with Gasteiger partial charge in [0.15, 0.2) is 0 Å². The van der Waals surface area contributed by atoms with Crippen LogP contribution in [0, 0.1) is 0 Å². The second kappa shape index (κ2) is 3.37. The average molecular weight is 229 g/mol. The third-order valence-electron chi connectivity index (χ3n) is 2.03. The molecule has 0 aliphatic rings. The van der Waals surface area contributed by atoms with Crippen molar-refractivity contribution >= 4 is 33.0 Å². The molecule has 0 saturated carbocycles. The van der Waals surface area contributed by atoms with Gasteiger partial charge >= 0.3 is 0 Å². The van der Waals surface area contributed by atoms with E-state index in [4.69, 9.17) is 11.6 Å². The first kappa shape index (κ1) is 9.68. The quantitative estimate of drug-likeness (QED) is 0.816. The van der Waals surface area contributed by atoms with Gasteiger partial charge in [-0.05, 0) is 5.92 Å². The van der Waals surface area contributed by atoms with E-state index in [0.717, 1.165) is 11.1 Å². The second-order valence-electron chi connectivity index (χ2n) is 3.38. The van der Waals surface area contributed by atoms with Crippen LogP contribution in [0.2, 0.25) is 5.02 Å². The van der Waals surface area contributed by atoms with Crippen molar-refractivity contribution in [3.63, 3.8) is 0 Å². The summed E-state index contributed by atoms with van der Waals surface area (Å²) in [5.74, 6) is 0.251. The van der Waals surface area contributed by atoms with Gasteiger partial charge in [-0.1, -0.05) is 25.4 Å². The molecule has 0 aromatic carbocycles.